The van der Waals surface area contributed by atoms with Gasteiger partial charge in [0.15, 0.2) is 0 Å². The van der Waals surface area contributed by atoms with E-state index in [0.717, 1.165) is 60.6 Å². The molecule has 0 bridgehead atoms. The van der Waals surface area contributed by atoms with Crippen LogP contribution in [0, 0.1) is 13.8 Å². The summed E-state index contributed by atoms with van der Waals surface area (Å²) in [6.07, 6.45) is 4.32. The Labute approximate surface area is 228 Å². The largest absolute Gasteiger partial charge is 0.356 e. The van der Waals surface area contributed by atoms with E-state index < -0.39 is 6.04 Å². The number of aryl methyl sites for hydroxylation is 2. The Morgan fingerprint density at radius 2 is 1.74 bits per heavy atom. The molecule has 2 N–H and O–H groups in total. The van der Waals surface area contributed by atoms with Gasteiger partial charge in [0.1, 0.15) is 18.2 Å². The van der Waals surface area contributed by atoms with Crippen LogP contribution in [-0.4, -0.2) is 56.6 Å². The molecule has 9 nitrogen and oxygen atoms in total. The Hall–Kier alpha value is -4.27. The van der Waals surface area contributed by atoms with Gasteiger partial charge in [-0.1, -0.05) is 54.6 Å². The highest BCUT2D eigenvalue weighted by molar-refractivity contribution is 5.87. The van der Waals surface area contributed by atoms with E-state index in [1.54, 1.807) is 6.33 Å². The fourth-order valence-corrected chi connectivity index (χ4v) is 5.35. The van der Waals surface area contributed by atoms with E-state index in [-0.39, 0.29) is 17.9 Å². The van der Waals surface area contributed by atoms with E-state index in [0.29, 0.717) is 12.2 Å². The molecule has 9 heteroatoms. The van der Waals surface area contributed by atoms with E-state index in [1.165, 1.54) is 12.5 Å². The van der Waals surface area contributed by atoms with Crippen LogP contribution in [0.2, 0.25) is 0 Å². The molecular formula is C30H35N7O2. The number of carbonyl (C=O) groups is 2. The first-order valence-corrected chi connectivity index (χ1v) is 13.5. The highest BCUT2D eigenvalue weighted by Gasteiger charge is 2.28. The Balaban J connectivity index is 1.30. The van der Waals surface area contributed by atoms with Crippen LogP contribution in [0.25, 0.3) is 5.78 Å². The van der Waals surface area contributed by atoms with Gasteiger partial charge in [0.05, 0.1) is 0 Å². The minimum Gasteiger partial charge on any atom is -0.356 e. The Kier molecular flexibility index (Phi) is 7.86. The molecule has 2 aromatic heterocycles. The van der Waals surface area contributed by atoms with Crippen molar-refractivity contribution in [3.63, 3.8) is 0 Å². The van der Waals surface area contributed by atoms with E-state index in [4.69, 9.17) is 4.98 Å². The Morgan fingerprint density at radius 1 is 1.03 bits per heavy atom. The number of anilines is 1. The number of carbonyl (C=O) groups excluding carboxylic acids is 2. The van der Waals surface area contributed by atoms with Crippen LogP contribution in [0.15, 0.2) is 60.9 Å². The molecule has 0 spiro atoms. The van der Waals surface area contributed by atoms with Crippen molar-refractivity contribution in [1.29, 1.82) is 0 Å². The topological polar surface area (TPSA) is 105 Å². The zero-order valence-electron chi connectivity index (χ0n) is 22.7. The lowest BCUT2D eigenvalue weighted by molar-refractivity contribution is -0.128. The van der Waals surface area contributed by atoms with Gasteiger partial charge in [0.2, 0.25) is 11.8 Å². The van der Waals surface area contributed by atoms with Crippen LogP contribution in [-0.2, 0) is 22.4 Å². The summed E-state index contributed by atoms with van der Waals surface area (Å²) in [5.74, 6) is 1.24. The van der Waals surface area contributed by atoms with E-state index in [9.17, 15) is 9.59 Å². The molecule has 1 aliphatic rings. The lowest BCUT2D eigenvalue weighted by Crippen LogP contribution is -2.53. The van der Waals surface area contributed by atoms with Gasteiger partial charge in [-0.05, 0) is 43.4 Å². The number of aromatic nitrogens is 4. The molecule has 0 saturated carbocycles. The Morgan fingerprint density at radius 3 is 2.46 bits per heavy atom. The first-order chi connectivity index (χ1) is 18.9. The maximum Gasteiger partial charge on any atom is 0.254 e. The average molecular weight is 526 g/mol. The van der Waals surface area contributed by atoms with Crippen LogP contribution < -0.4 is 15.5 Å². The molecule has 4 aromatic rings. The highest BCUT2D eigenvalue weighted by atomic mass is 16.2. The monoisotopic (exact) mass is 525 g/mol. The third-order valence-corrected chi connectivity index (χ3v) is 7.45. The molecule has 1 aliphatic heterocycles. The van der Waals surface area contributed by atoms with Gasteiger partial charge in [0, 0.05) is 50.2 Å². The average Bonchev–Trinajstić information content (AvgIpc) is 3.39. The zero-order valence-corrected chi connectivity index (χ0v) is 22.7. The highest BCUT2D eigenvalue weighted by Crippen LogP contribution is 2.28. The molecule has 1 atom stereocenters. The van der Waals surface area contributed by atoms with Crippen molar-refractivity contribution < 1.29 is 9.59 Å². The van der Waals surface area contributed by atoms with E-state index >= 15 is 0 Å². The van der Waals surface area contributed by atoms with Crippen LogP contribution in [0.1, 0.15) is 47.7 Å². The van der Waals surface area contributed by atoms with Gasteiger partial charge in [-0.25, -0.2) is 4.98 Å². The molecule has 202 valence electrons. The third-order valence-electron chi connectivity index (χ3n) is 7.45. The van der Waals surface area contributed by atoms with Gasteiger partial charge in [-0.3, -0.25) is 9.59 Å². The second kappa shape index (κ2) is 11.6. The molecule has 5 rings (SSSR count). The second-order valence-electron chi connectivity index (χ2n) is 10.3. The van der Waals surface area contributed by atoms with Crippen LogP contribution in [0.3, 0.4) is 0 Å². The van der Waals surface area contributed by atoms with Gasteiger partial charge >= 0.3 is 0 Å². The van der Waals surface area contributed by atoms with Crippen LogP contribution in [0.4, 0.5) is 5.82 Å². The predicted octanol–water partition coefficient (Wildman–Crippen LogP) is 3.16. The van der Waals surface area contributed by atoms with Crippen molar-refractivity contribution >= 4 is 23.4 Å². The number of rotatable bonds is 8. The van der Waals surface area contributed by atoms with Crippen molar-refractivity contribution in [2.75, 3.05) is 18.0 Å². The van der Waals surface area contributed by atoms with Crippen LogP contribution >= 0.6 is 0 Å². The summed E-state index contributed by atoms with van der Waals surface area (Å²) in [5, 5.41) is 10.5. The number of piperidine rings is 1. The lowest BCUT2D eigenvalue weighted by Gasteiger charge is -2.35. The van der Waals surface area contributed by atoms with Gasteiger partial charge in [-0.15, -0.1) is 0 Å². The van der Waals surface area contributed by atoms with Crippen LogP contribution in [0.5, 0.6) is 0 Å². The van der Waals surface area contributed by atoms with E-state index in [2.05, 4.69) is 37.7 Å². The SMILES string of the molecule is CC(=O)N[C@H](Cc1ccccc1C)C(=O)NC1CCN(c2c(Cc3ccccc3)c(C)nc3ncnn23)CC1. The van der Waals surface area contributed by atoms with E-state index in [1.807, 2.05) is 60.8 Å². The van der Waals surface area contributed by atoms with Gasteiger partial charge < -0.3 is 15.5 Å². The lowest BCUT2D eigenvalue weighted by atomic mass is 9.98. The van der Waals surface area contributed by atoms with Gasteiger partial charge in [0.25, 0.3) is 5.78 Å². The maximum atomic E-state index is 13.3. The number of fused-ring (bicyclic) bond motifs is 1. The summed E-state index contributed by atoms with van der Waals surface area (Å²) in [6.45, 7) is 7.01. The number of hydrogen-bond acceptors (Lipinski definition) is 6. The summed E-state index contributed by atoms with van der Waals surface area (Å²) in [7, 11) is 0. The fourth-order valence-electron chi connectivity index (χ4n) is 5.35. The quantitative estimate of drug-likeness (QED) is 0.366. The normalized spacial score (nSPS) is 14.8. The van der Waals surface area contributed by atoms with Crippen molar-refractivity contribution in [2.45, 2.75) is 58.5 Å². The molecule has 0 radical (unpaired) electrons. The number of nitrogens with one attached hydrogen (secondary N) is 2. The molecule has 3 heterocycles. The molecule has 2 amide bonds. The number of amides is 2. The summed E-state index contributed by atoms with van der Waals surface area (Å²) >= 11 is 0. The molecule has 0 unspecified atom stereocenters. The molecular weight excluding hydrogens is 490 g/mol. The molecule has 1 saturated heterocycles. The van der Waals surface area contributed by atoms with Crippen molar-refractivity contribution in [3.8, 4) is 0 Å². The van der Waals surface area contributed by atoms with Crippen molar-refractivity contribution in [2.24, 2.45) is 0 Å². The summed E-state index contributed by atoms with van der Waals surface area (Å²) in [6, 6.07) is 17.7. The third kappa shape index (κ3) is 6.08. The second-order valence-corrected chi connectivity index (χ2v) is 10.3. The minimum atomic E-state index is -0.614. The predicted molar refractivity (Wildman–Crippen MR) is 151 cm³/mol. The van der Waals surface area contributed by atoms with Gasteiger partial charge in [-0.2, -0.15) is 14.6 Å². The standard InChI is InChI=1S/C30H35N7O2/c1-20-9-7-8-12-24(20)18-27(34-22(3)38)28(39)35-25-13-15-36(16-14-25)29-26(17-23-10-5-4-6-11-23)21(2)33-30-31-19-32-37(29)30/h4-12,19,25,27H,13-18H2,1-3H3,(H,34,38)(H,35,39)/t27-/m1/s1. The fraction of sp³-hybridized carbons (Fsp3) is 0.367. The summed E-state index contributed by atoms with van der Waals surface area (Å²) in [4.78, 5) is 36.5. The molecule has 39 heavy (non-hydrogen) atoms. The molecule has 1 fully saturated rings. The first kappa shape index (κ1) is 26.3. The number of nitrogens with zero attached hydrogens (tertiary/aromatic N) is 5. The number of hydrogen-bond donors (Lipinski definition) is 2. The summed E-state index contributed by atoms with van der Waals surface area (Å²) in [5.41, 5.74) is 5.44. The smallest absolute Gasteiger partial charge is 0.254 e. The Bertz CT molecular complexity index is 1460. The first-order valence-electron chi connectivity index (χ1n) is 13.5. The van der Waals surface area contributed by atoms with Crippen molar-refractivity contribution in [1.82, 2.24) is 30.2 Å². The molecule has 0 aliphatic carbocycles. The van der Waals surface area contributed by atoms with Crippen molar-refractivity contribution in [3.05, 3.63) is 88.9 Å². The summed E-state index contributed by atoms with van der Waals surface area (Å²) < 4.78 is 1.83. The maximum absolute atomic E-state index is 13.3. The zero-order chi connectivity index (χ0) is 27.4. The minimum absolute atomic E-state index is 0.0219. The number of benzene rings is 2. The molecule has 2 aromatic carbocycles.